The topological polar surface area (TPSA) is 85.3 Å². The molecule has 1 aliphatic carbocycles. The van der Waals surface area contributed by atoms with E-state index < -0.39 is 5.91 Å². The highest BCUT2D eigenvalue weighted by molar-refractivity contribution is 5.93. The van der Waals surface area contributed by atoms with Gasteiger partial charge in [0.1, 0.15) is 11.5 Å². The largest absolute Gasteiger partial charge is 0.461 e. The lowest BCUT2D eigenvalue weighted by molar-refractivity contribution is -0.116. The Hall–Kier alpha value is -2.82. The van der Waals surface area contributed by atoms with Crippen molar-refractivity contribution in [1.82, 2.24) is 5.32 Å². The van der Waals surface area contributed by atoms with Gasteiger partial charge < -0.3 is 15.5 Å². The van der Waals surface area contributed by atoms with E-state index in [9.17, 15) is 9.59 Å². The standard InChI is InChI=1S/C19H20N2O3/c1-12-10-16(12)17-8-6-15(24-17)7-9-18(22)21-11-13-2-4-14(5-3-13)19(20)23/h2-9,12,16H,10-11H2,1H3,(H2,20,23)(H,21,22)/b9-7+/t12-,16-/m1/s1. The van der Waals surface area contributed by atoms with Crippen LogP contribution in [0.15, 0.2) is 46.9 Å². The number of hydrogen-bond acceptors (Lipinski definition) is 3. The molecule has 3 rings (SSSR count). The molecule has 5 nitrogen and oxygen atoms in total. The van der Waals surface area contributed by atoms with Gasteiger partial charge in [-0.1, -0.05) is 19.1 Å². The first kappa shape index (κ1) is 16.1. The first-order chi connectivity index (χ1) is 11.5. The van der Waals surface area contributed by atoms with Gasteiger partial charge in [0.25, 0.3) is 0 Å². The molecule has 1 heterocycles. The first-order valence-electron chi connectivity index (χ1n) is 7.97. The average molecular weight is 324 g/mol. The highest BCUT2D eigenvalue weighted by atomic mass is 16.3. The summed E-state index contributed by atoms with van der Waals surface area (Å²) in [6.45, 7) is 2.58. The monoisotopic (exact) mass is 324 g/mol. The Morgan fingerprint density at radius 3 is 2.58 bits per heavy atom. The van der Waals surface area contributed by atoms with Crippen LogP contribution in [-0.2, 0) is 11.3 Å². The molecule has 3 N–H and O–H groups in total. The fourth-order valence-corrected chi connectivity index (χ4v) is 2.57. The Bertz CT molecular complexity index is 774. The minimum Gasteiger partial charge on any atom is -0.461 e. The molecule has 24 heavy (non-hydrogen) atoms. The number of carbonyl (C=O) groups is 2. The van der Waals surface area contributed by atoms with Gasteiger partial charge >= 0.3 is 0 Å². The Morgan fingerprint density at radius 2 is 1.96 bits per heavy atom. The molecular formula is C19H20N2O3. The summed E-state index contributed by atoms with van der Waals surface area (Å²) in [4.78, 5) is 22.9. The van der Waals surface area contributed by atoms with Crippen molar-refractivity contribution in [2.75, 3.05) is 0 Å². The van der Waals surface area contributed by atoms with Crippen LogP contribution >= 0.6 is 0 Å². The Balaban J connectivity index is 1.50. The summed E-state index contributed by atoms with van der Waals surface area (Å²) < 4.78 is 5.72. The number of carbonyl (C=O) groups excluding carboxylic acids is 2. The maximum Gasteiger partial charge on any atom is 0.248 e. The highest BCUT2D eigenvalue weighted by Crippen LogP contribution is 2.47. The summed E-state index contributed by atoms with van der Waals surface area (Å²) >= 11 is 0. The normalized spacial score (nSPS) is 19.4. The van der Waals surface area contributed by atoms with Gasteiger partial charge in [-0.05, 0) is 48.2 Å². The summed E-state index contributed by atoms with van der Waals surface area (Å²) in [5.41, 5.74) is 6.53. The van der Waals surface area contributed by atoms with Crippen molar-refractivity contribution < 1.29 is 14.0 Å². The number of primary amides is 1. The summed E-state index contributed by atoms with van der Waals surface area (Å²) in [6, 6.07) is 10.7. The van der Waals surface area contributed by atoms with Crippen molar-refractivity contribution >= 4 is 17.9 Å². The van der Waals surface area contributed by atoms with Crippen molar-refractivity contribution in [3.05, 3.63) is 65.1 Å². The van der Waals surface area contributed by atoms with E-state index in [1.54, 1.807) is 30.3 Å². The Kier molecular flexibility index (Phi) is 4.51. The SMILES string of the molecule is C[C@@H]1C[C@H]1c1ccc(/C=C/C(=O)NCc2ccc(C(N)=O)cc2)o1. The number of nitrogens with two attached hydrogens (primary N) is 1. The fraction of sp³-hybridized carbons (Fsp3) is 0.263. The number of furan rings is 1. The van der Waals surface area contributed by atoms with Crippen LogP contribution in [0.25, 0.3) is 6.08 Å². The molecule has 0 bridgehead atoms. The van der Waals surface area contributed by atoms with Crippen molar-refractivity contribution in [3.8, 4) is 0 Å². The van der Waals surface area contributed by atoms with E-state index >= 15 is 0 Å². The molecule has 0 aliphatic heterocycles. The molecule has 0 saturated heterocycles. The predicted molar refractivity (Wildman–Crippen MR) is 91.1 cm³/mol. The van der Waals surface area contributed by atoms with Gasteiger partial charge in [0.2, 0.25) is 11.8 Å². The van der Waals surface area contributed by atoms with Gasteiger partial charge in [-0.2, -0.15) is 0 Å². The maximum atomic E-state index is 11.9. The van der Waals surface area contributed by atoms with Crippen LogP contribution in [0.2, 0.25) is 0 Å². The smallest absolute Gasteiger partial charge is 0.248 e. The summed E-state index contributed by atoms with van der Waals surface area (Å²) in [5, 5.41) is 2.78. The van der Waals surface area contributed by atoms with E-state index in [0.29, 0.717) is 29.7 Å². The quantitative estimate of drug-likeness (QED) is 0.801. The lowest BCUT2D eigenvalue weighted by Gasteiger charge is -2.03. The predicted octanol–water partition coefficient (Wildman–Crippen LogP) is 2.83. The molecule has 124 valence electrons. The Morgan fingerprint density at radius 1 is 1.25 bits per heavy atom. The van der Waals surface area contributed by atoms with Gasteiger partial charge in [0.15, 0.2) is 0 Å². The molecule has 1 aromatic carbocycles. The lowest BCUT2D eigenvalue weighted by atomic mass is 10.1. The second-order valence-electron chi connectivity index (χ2n) is 6.17. The minimum absolute atomic E-state index is 0.202. The van der Waals surface area contributed by atoms with Crippen LogP contribution < -0.4 is 11.1 Å². The fourth-order valence-electron chi connectivity index (χ4n) is 2.57. The molecule has 1 saturated carbocycles. The molecular weight excluding hydrogens is 304 g/mol. The van der Waals surface area contributed by atoms with E-state index in [-0.39, 0.29) is 5.91 Å². The molecule has 0 unspecified atom stereocenters. The van der Waals surface area contributed by atoms with Crippen LogP contribution in [0, 0.1) is 5.92 Å². The van der Waals surface area contributed by atoms with Crippen LogP contribution in [0.5, 0.6) is 0 Å². The van der Waals surface area contributed by atoms with E-state index in [1.807, 2.05) is 12.1 Å². The zero-order valence-corrected chi connectivity index (χ0v) is 13.5. The van der Waals surface area contributed by atoms with Crippen LogP contribution in [0.1, 0.15) is 46.7 Å². The van der Waals surface area contributed by atoms with Gasteiger partial charge in [-0.3, -0.25) is 9.59 Å². The zero-order chi connectivity index (χ0) is 17.1. The van der Waals surface area contributed by atoms with E-state index in [0.717, 1.165) is 11.3 Å². The van der Waals surface area contributed by atoms with Crippen LogP contribution in [0.4, 0.5) is 0 Å². The zero-order valence-electron chi connectivity index (χ0n) is 13.5. The van der Waals surface area contributed by atoms with Crippen LogP contribution in [0.3, 0.4) is 0 Å². The lowest BCUT2D eigenvalue weighted by Crippen LogP contribution is -2.20. The number of rotatable bonds is 6. The molecule has 5 heteroatoms. The molecule has 1 fully saturated rings. The number of benzene rings is 1. The summed E-state index contributed by atoms with van der Waals surface area (Å²) in [5.74, 6) is 2.24. The summed E-state index contributed by atoms with van der Waals surface area (Å²) in [7, 11) is 0. The third-order valence-electron chi connectivity index (χ3n) is 4.23. The molecule has 2 atom stereocenters. The molecule has 1 aromatic heterocycles. The van der Waals surface area contributed by atoms with Crippen molar-refractivity contribution in [3.63, 3.8) is 0 Å². The highest BCUT2D eigenvalue weighted by Gasteiger charge is 2.36. The second kappa shape index (κ2) is 6.74. The van der Waals surface area contributed by atoms with Gasteiger partial charge in [-0.15, -0.1) is 0 Å². The molecule has 2 aromatic rings. The number of amides is 2. The summed E-state index contributed by atoms with van der Waals surface area (Å²) in [6.07, 6.45) is 4.30. The van der Waals surface area contributed by atoms with Gasteiger partial charge in [-0.25, -0.2) is 0 Å². The number of nitrogens with one attached hydrogen (secondary N) is 1. The second-order valence-corrected chi connectivity index (χ2v) is 6.17. The minimum atomic E-state index is -0.466. The van der Waals surface area contributed by atoms with Crippen molar-refractivity contribution in [2.24, 2.45) is 11.7 Å². The maximum absolute atomic E-state index is 11.9. The van der Waals surface area contributed by atoms with Gasteiger partial charge in [0, 0.05) is 24.1 Å². The van der Waals surface area contributed by atoms with E-state index in [2.05, 4.69) is 12.2 Å². The third-order valence-corrected chi connectivity index (χ3v) is 4.23. The average Bonchev–Trinajstić information content (AvgIpc) is 3.11. The molecule has 2 amide bonds. The molecule has 0 radical (unpaired) electrons. The van der Waals surface area contributed by atoms with Crippen molar-refractivity contribution in [2.45, 2.75) is 25.8 Å². The number of hydrogen-bond donors (Lipinski definition) is 2. The molecule has 0 spiro atoms. The third kappa shape index (κ3) is 3.93. The van der Waals surface area contributed by atoms with Gasteiger partial charge in [0.05, 0.1) is 0 Å². The first-order valence-corrected chi connectivity index (χ1v) is 7.97. The van der Waals surface area contributed by atoms with E-state index in [4.69, 9.17) is 10.2 Å². The van der Waals surface area contributed by atoms with E-state index in [1.165, 1.54) is 12.5 Å². The Labute approximate surface area is 140 Å². The van der Waals surface area contributed by atoms with Crippen molar-refractivity contribution in [1.29, 1.82) is 0 Å². The van der Waals surface area contributed by atoms with Crippen LogP contribution in [-0.4, -0.2) is 11.8 Å². The molecule has 1 aliphatic rings.